The molecule has 194 valence electrons. The van der Waals surface area contributed by atoms with E-state index in [-0.39, 0.29) is 30.6 Å². The van der Waals surface area contributed by atoms with Crippen LogP contribution in [-0.4, -0.2) is 60.0 Å². The maximum atomic E-state index is 13.1. The summed E-state index contributed by atoms with van der Waals surface area (Å²) in [4.78, 5) is 29.9. The van der Waals surface area contributed by atoms with E-state index in [1.807, 2.05) is 30.3 Å². The molecule has 1 aromatic heterocycles. The van der Waals surface area contributed by atoms with Crippen molar-refractivity contribution in [2.75, 3.05) is 13.7 Å². The number of aromatic hydroxyl groups is 1. The lowest BCUT2D eigenvalue weighted by molar-refractivity contribution is -0.157. The smallest absolute Gasteiger partial charge is 0.329 e. The van der Waals surface area contributed by atoms with Crippen LogP contribution >= 0.6 is 0 Å². The molecule has 9 nitrogen and oxygen atoms in total. The zero-order chi connectivity index (χ0) is 25.5. The lowest BCUT2D eigenvalue weighted by Gasteiger charge is -2.32. The van der Waals surface area contributed by atoms with Gasteiger partial charge in [-0.25, -0.2) is 9.78 Å². The molecule has 1 saturated carbocycles. The highest BCUT2D eigenvalue weighted by atomic mass is 16.6. The van der Waals surface area contributed by atoms with Crippen LogP contribution in [-0.2, 0) is 14.3 Å². The number of nitrogens with one attached hydrogen (secondary N) is 1. The molecule has 1 saturated heterocycles. The summed E-state index contributed by atoms with van der Waals surface area (Å²) in [5.74, 6) is -0.372. The van der Waals surface area contributed by atoms with E-state index < -0.39 is 35.9 Å². The summed E-state index contributed by atoms with van der Waals surface area (Å²) in [7, 11) is 1.38. The molecule has 2 N–H and O–H groups in total. The minimum atomic E-state index is -0.977. The molecule has 0 unspecified atom stereocenters. The summed E-state index contributed by atoms with van der Waals surface area (Å²) >= 11 is 0. The Morgan fingerprint density at radius 3 is 2.64 bits per heavy atom. The molecule has 2 aliphatic rings. The number of hydrogen-bond acceptors (Lipinski definition) is 8. The maximum absolute atomic E-state index is 13.1. The van der Waals surface area contributed by atoms with Gasteiger partial charge in [-0.3, -0.25) is 4.79 Å². The van der Waals surface area contributed by atoms with Crippen molar-refractivity contribution in [3.05, 3.63) is 48.3 Å². The normalized spacial score (nSPS) is 25.2. The van der Waals surface area contributed by atoms with Crippen molar-refractivity contribution in [2.24, 2.45) is 5.92 Å². The molecule has 0 spiro atoms. The summed E-state index contributed by atoms with van der Waals surface area (Å²) < 4.78 is 23.5. The number of para-hydroxylation sites is 1. The molecule has 2 fully saturated rings. The first kappa shape index (κ1) is 25.8. The Balaban J connectivity index is 1.51. The fraction of sp³-hybridized carbons (Fsp3) is 0.519. The van der Waals surface area contributed by atoms with Crippen LogP contribution in [0.3, 0.4) is 0 Å². The van der Waals surface area contributed by atoms with Gasteiger partial charge in [0.1, 0.15) is 17.9 Å². The Morgan fingerprint density at radius 1 is 1.17 bits per heavy atom. The van der Waals surface area contributed by atoms with Gasteiger partial charge in [0.15, 0.2) is 23.3 Å². The average Bonchev–Trinajstić information content (AvgIpc) is 3.40. The first-order valence-electron chi connectivity index (χ1n) is 12.5. The van der Waals surface area contributed by atoms with Crippen LogP contribution in [0.25, 0.3) is 0 Å². The summed E-state index contributed by atoms with van der Waals surface area (Å²) in [5, 5.41) is 12.9. The highest BCUT2D eigenvalue weighted by molar-refractivity contribution is 5.97. The molecular weight excluding hydrogens is 464 g/mol. The molecule has 2 heterocycles. The summed E-state index contributed by atoms with van der Waals surface area (Å²) in [6, 6.07) is 9.88. The fourth-order valence-electron chi connectivity index (χ4n) is 4.91. The number of amides is 1. The van der Waals surface area contributed by atoms with Gasteiger partial charge < -0.3 is 29.4 Å². The van der Waals surface area contributed by atoms with Crippen molar-refractivity contribution in [3.63, 3.8) is 0 Å². The molecule has 1 aliphatic carbocycles. The SMILES string of the molecule is COc1ccnc(C(=O)N[C@H]2CCO[C@H](CC3CCCC3)[C@@H](Oc3ccccc3)[C@H](C)OC2=O)c1O. The van der Waals surface area contributed by atoms with Gasteiger partial charge >= 0.3 is 5.97 Å². The molecule has 0 radical (unpaired) electrons. The van der Waals surface area contributed by atoms with E-state index in [2.05, 4.69) is 10.3 Å². The number of carbonyl (C=O) groups excluding carboxylic acids is 2. The highest BCUT2D eigenvalue weighted by Gasteiger charge is 2.38. The van der Waals surface area contributed by atoms with Gasteiger partial charge in [0.25, 0.3) is 5.91 Å². The van der Waals surface area contributed by atoms with Crippen LogP contribution in [0.5, 0.6) is 17.2 Å². The summed E-state index contributed by atoms with van der Waals surface area (Å²) in [5.41, 5.74) is -0.236. The van der Waals surface area contributed by atoms with E-state index in [1.165, 1.54) is 32.2 Å². The van der Waals surface area contributed by atoms with Gasteiger partial charge in [0.05, 0.1) is 13.2 Å². The zero-order valence-corrected chi connectivity index (χ0v) is 20.7. The van der Waals surface area contributed by atoms with Crippen molar-refractivity contribution in [2.45, 2.75) is 69.8 Å². The number of rotatable bonds is 7. The Morgan fingerprint density at radius 2 is 1.92 bits per heavy atom. The van der Waals surface area contributed by atoms with E-state index >= 15 is 0 Å². The number of cyclic esters (lactones) is 1. The third-order valence-corrected chi connectivity index (χ3v) is 6.84. The number of ether oxygens (including phenoxy) is 4. The molecule has 1 aliphatic heterocycles. The largest absolute Gasteiger partial charge is 0.503 e. The molecule has 9 heteroatoms. The minimum Gasteiger partial charge on any atom is -0.503 e. The second kappa shape index (κ2) is 12.1. The van der Waals surface area contributed by atoms with Gasteiger partial charge in [0.2, 0.25) is 0 Å². The Kier molecular flexibility index (Phi) is 8.64. The van der Waals surface area contributed by atoms with Crippen LogP contribution in [0.4, 0.5) is 0 Å². The van der Waals surface area contributed by atoms with Gasteiger partial charge in [-0.2, -0.15) is 0 Å². The molecular formula is C27H34N2O7. The second-order valence-electron chi connectivity index (χ2n) is 9.36. The second-order valence-corrected chi connectivity index (χ2v) is 9.36. The van der Waals surface area contributed by atoms with Crippen molar-refractivity contribution in [1.82, 2.24) is 10.3 Å². The molecule has 2 aromatic rings. The van der Waals surface area contributed by atoms with Crippen LogP contribution in [0.1, 0.15) is 55.9 Å². The Labute approximate surface area is 211 Å². The van der Waals surface area contributed by atoms with E-state index in [9.17, 15) is 14.7 Å². The lowest BCUT2D eigenvalue weighted by atomic mass is 9.95. The third kappa shape index (κ3) is 6.26. The Hall–Kier alpha value is -3.33. The number of aromatic nitrogens is 1. The van der Waals surface area contributed by atoms with Crippen molar-refractivity contribution >= 4 is 11.9 Å². The molecule has 0 bridgehead atoms. The number of pyridine rings is 1. The molecule has 36 heavy (non-hydrogen) atoms. The quantitative estimate of drug-likeness (QED) is 0.556. The van der Waals surface area contributed by atoms with Crippen molar-refractivity contribution in [3.8, 4) is 17.2 Å². The predicted octanol–water partition coefficient (Wildman–Crippen LogP) is 3.64. The topological polar surface area (TPSA) is 116 Å². The Bertz CT molecular complexity index is 1030. The van der Waals surface area contributed by atoms with E-state index in [1.54, 1.807) is 6.92 Å². The third-order valence-electron chi connectivity index (χ3n) is 6.84. The highest BCUT2D eigenvalue weighted by Crippen LogP contribution is 2.33. The van der Waals surface area contributed by atoms with Gasteiger partial charge in [-0.05, 0) is 31.4 Å². The van der Waals surface area contributed by atoms with Gasteiger partial charge in [-0.15, -0.1) is 0 Å². The standard InChI is InChI=1S/C27H34N2O7/c1-17-25(36-19-10-4-3-5-11-19)22(16-18-8-6-7-9-18)34-15-13-20(27(32)35-17)29-26(31)23-24(30)21(33-2)12-14-28-23/h3-5,10-12,14,17-18,20,22,25,30H,6-9,13,15-16H2,1-2H3,(H,29,31)/t17-,20-,22+,25-/m0/s1. The number of benzene rings is 1. The number of carbonyl (C=O) groups is 2. The number of methoxy groups -OCH3 is 1. The zero-order valence-electron chi connectivity index (χ0n) is 20.7. The first-order valence-corrected chi connectivity index (χ1v) is 12.5. The fourth-order valence-corrected chi connectivity index (χ4v) is 4.91. The van der Waals surface area contributed by atoms with Crippen LogP contribution in [0.15, 0.2) is 42.6 Å². The van der Waals surface area contributed by atoms with Crippen LogP contribution in [0.2, 0.25) is 0 Å². The molecule has 4 atom stereocenters. The van der Waals surface area contributed by atoms with E-state index in [4.69, 9.17) is 18.9 Å². The molecule has 1 amide bonds. The van der Waals surface area contributed by atoms with E-state index in [0.29, 0.717) is 11.7 Å². The number of nitrogens with zero attached hydrogens (tertiary/aromatic N) is 1. The number of esters is 1. The molecule has 4 rings (SSSR count). The van der Waals surface area contributed by atoms with Crippen LogP contribution in [0, 0.1) is 5.92 Å². The van der Waals surface area contributed by atoms with Crippen molar-refractivity contribution in [1.29, 1.82) is 0 Å². The average molecular weight is 499 g/mol. The number of hydrogen-bond donors (Lipinski definition) is 2. The predicted molar refractivity (Wildman–Crippen MR) is 131 cm³/mol. The summed E-state index contributed by atoms with van der Waals surface area (Å²) in [6.45, 7) is 2.02. The van der Waals surface area contributed by atoms with Crippen molar-refractivity contribution < 1.29 is 33.6 Å². The molecule has 1 aromatic carbocycles. The maximum Gasteiger partial charge on any atom is 0.329 e. The summed E-state index contributed by atoms with van der Waals surface area (Å²) in [6.07, 6.45) is 5.72. The van der Waals surface area contributed by atoms with E-state index in [0.717, 1.165) is 19.3 Å². The van der Waals surface area contributed by atoms with Gasteiger partial charge in [-0.1, -0.05) is 43.9 Å². The monoisotopic (exact) mass is 498 g/mol. The minimum absolute atomic E-state index is 0.111. The van der Waals surface area contributed by atoms with Crippen LogP contribution < -0.4 is 14.8 Å². The first-order chi connectivity index (χ1) is 17.5. The van der Waals surface area contributed by atoms with Gasteiger partial charge in [0, 0.05) is 25.3 Å². The lowest BCUT2D eigenvalue weighted by Crippen LogP contribution is -2.46.